The van der Waals surface area contributed by atoms with Gasteiger partial charge in [0.1, 0.15) is 10.8 Å². The van der Waals surface area contributed by atoms with Crippen molar-refractivity contribution in [2.24, 2.45) is 0 Å². The van der Waals surface area contributed by atoms with Crippen LogP contribution < -0.4 is 10.6 Å². The van der Waals surface area contributed by atoms with E-state index in [1.807, 2.05) is 24.3 Å². The molecule has 25 heavy (non-hydrogen) atoms. The van der Waals surface area contributed by atoms with Gasteiger partial charge >= 0.3 is 12.0 Å². The van der Waals surface area contributed by atoms with Crippen molar-refractivity contribution in [1.82, 2.24) is 15.3 Å². The standard InChI is InChI=1S/C17H14N4O3S/c22-16(23)13-10-25-15(20-13)12-6-4-11(5-7-12)9-19-17(24)21-14-3-1-2-8-18-14/h1-8,10H,9H2,(H,22,23)(H2,18,19,21,24). The van der Waals surface area contributed by atoms with Gasteiger partial charge in [0, 0.05) is 23.7 Å². The van der Waals surface area contributed by atoms with E-state index in [1.54, 1.807) is 24.4 Å². The third-order valence-corrected chi connectivity index (χ3v) is 4.18. The van der Waals surface area contributed by atoms with E-state index < -0.39 is 5.97 Å². The van der Waals surface area contributed by atoms with Crippen molar-refractivity contribution < 1.29 is 14.7 Å². The maximum atomic E-state index is 11.8. The maximum Gasteiger partial charge on any atom is 0.355 e. The van der Waals surface area contributed by atoms with Gasteiger partial charge in [0.15, 0.2) is 5.69 Å². The Labute approximate surface area is 147 Å². The van der Waals surface area contributed by atoms with Crippen LogP contribution in [-0.4, -0.2) is 27.1 Å². The fourth-order valence-electron chi connectivity index (χ4n) is 2.05. The number of carboxylic acid groups (broad SMARTS) is 1. The molecule has 0 aliphatic heterocycles. The zero-order chi connectivity index (χ0) is 17.6. The summed E-state index contributed by atoms with van der Waals surface area (Å²) in [5, 5.41) is 16.4. The van der Waals surface area contributed by atoms with E-state index in [0.717, 1.165) is 11.1 Å². The van der Waals surface area contributed by atoms with Crippen LogP contribution in [0.5, 0.6) is 0 Å². The minimum absolute atomic E-state index is 0.0388. The SMILES string of the molecule is O=C(NCc1ccc(-c2nc(C(=O)O)cs2)cc1)Nc1ccccn1. The van der Waals surface area contributed by atoms with Crippen LogP contribution in [0.4, 0.5) is 10.6 Å². The average Bonchev–Trinajstić information content (AvgIpc) is 3.12. The highest BCUT2D eigenvalue weighted by atomic mass is 32.1. The maximum absolute atomic E-state index is 11.8. The van der Waals surface area contributed by atoms with E-state index in [-0.39, 0.29) is 11.7 Å². The lowest BCUT2D eigenvalue weighted by Gasteiger charge is -2.07. The van der Waals surface area contributed by atoms with Crippen LogP contribution in [0.25, 0.3) is 10.6 Å². The summed E-state index contributed by atoms with van der Waals surface area (Å²) in [6.07, 6.45) is 1.60. The molecule has 0 fully saturated rings. The first-order valence-corrected chi connectivity index (χ1v) is 8.24. The number of rotatable bonds is 5. The van der Waals surface area contributed by atoms with Crippen LogP contribution in [0.3, 0.4) is 0 Å². The fourth-order valence-corrected chi connectivity index (χ4v) is 2.85. The number of carboxylic acids is 1. The highest BCUT2D eigenvalue weighted by Crippen LogP contribution is 2.24. The number of pyridine rings is 1. The molecule has 3 N–H and O–H groups in total. The number of aromatic carboxylic acids is 1. The summed E-state index contributed by atoms with van der Waals surface area (Å²) in [7, 11) is 0. The molecule has 0 atom stereocenters. The van der Waals surface area contributed by atoms with Gasteiger partial charge < -0.3 is 10.4 Å². The van der Waals surface area contributed by atoms with Crippen molar-refractivity contribution in [3.05, 3.63) is 65.3 Å². The Balaban J connectivity index is 1.57. The molecule has 2 heterocycles. The van der Waals surface area contributed by atoms with Crippen LogP contribution in [0.15, 0.2) is 54.0 Å². The summed E-state index contributed by atoms with van der Waals surface area (Å²) in [4.78, 5) is 30.8. The smallest absolute Gasteiger partial charge is 0.355 e. The van der Waals surface area contributed by atoms with Gasteiger partial charge in [-0.15, -0.1) is 11.3 Å². The van der Waals surface area contributed by atoms with Crippen LogP contribution in [0, 0.1) is 0 Å². The number of anilines is 1. The molecule has 126 valence electrons. The number of benzene rings is 1. The molecule has 2 aromatic heterocycles. The Bertz CT molecular complexity index is 878. The van der Waals surface area contributed by atoms with Crippen molar-refractivity contribution in [1.29, 1.82) is 0 Å². The molecule has 0 aliphatic rings. The lowest BCUT2D eigenvalue weighted by atomic mass is 10.1. The lowest BCUT2D eigenvalue weighted by molar-refractivity contribution is 0.0691. The second-order valence-corrected chi connectivity index (χ2v) is 5.92. The molecule has 1 aromatic carbocycles. The minimum atomic E-state index is -1.04. The Morgan fingerprint density at radius 3 is 2.56 bits per heavy atom. The number of hydrogen-bond donors (Lipinski definition) is 3. The van der Waals surface area contributed by atoms with Crippen molar-refractivity contribution in [3.8, 4) is 10.6 Å². The summed E-state index contributed by atoms with van der Waals surface area (Å²) >= 11 is 1.28. The van der Waals surface area contributed by atoms with Gasteiger partial charge in [-0.1, -0.05) is 30.3 Å². The Morgan fingerprint density at radius 2 is 1.92 bits per heavy atom. The summed E-state index contributed by atoms with van der Waals surface area (Å²) in [5.74, 6) is -0.560. The molecule has 0 saturated heterocycles. The Kier molecular flexibility index (Phi) is 5.00. The summed E-state index contributed by atoms with van der Waals surface area (Å²) in [5.41, 5.74) is 1.78. The zero-order valence-corrected chi connectivity index (χ0v) is 13.8. The van der Waals surface area contributed by atoms with Crippen LogP contribution >= 0.6 is 11.3 Å². The second kappa shape index (κ2) is 7.54. The van der Waals surface area contributed by atoms with E-state index in [2.05, 4.69) is 20.6 Å². The minimum Gasteiger partial charge on any atom is -0.476 e. The predicted molar refractivity (Wildman–Crippen MR) is 94.6 cm³/mol. The predicted octanol–water partition coefficient (Wildman–Crippen LogP) is 3.23. The number of nitrogens with one attached hydrogen (secondary N) is 2. The van der Waals surface area contributed by atoms with Gasteiger partial charge in [-0.3, -0.25) is 5.32 Å². The number of carbonyl (C=O) groups is 2. The number of aromatic nitrogens is 2. The molecule has 0 aliphatic carbocycles. The third-order valence-electron chi connectivity index (χ3n) is 3.28. The first-order valence-electron chi connectivity index (χ1n) is 7.36. The topological polar surface area (TPSA) is 104 Å². The number of amides is 2. The second-order valence-electron chi connectivity index (χ2n) is 5.06. The number of nitrogens with zero attached hydrogens (tertiary/aromatic N) is 2. The Morgan fingerprint density at radius 1 is 1.12 bits per heavy atom. The first-order chi connectivity index (χ1) is 12.1. The van der Waals surface area contributed by atoms with Gasteiger partial charge in [-0.05, 0) is 17.7 Å². The number of thiazole rings is 1. The van der Waals surface area contributed by atoms with E-state index in [4.69, 9.17) is 5.11 Å². The summed E-state index contributed by atoms with van der Waals surface area (Å²) in [6, 6.07) is 12.3. The van der Waals surface area contributed by atoms with E-state index in [1.165, 1.54) is 16.7 Å². The van der Waals surface area contributed by atoms with Crippen molar-refractivity contribution in [3.63, 3.8) is 0 Å². The molecule has 2 amide bonds. The molecular weight excluding hydrogens is 340 g/mol. The summed E-state index contributed by atoms with van der Waals surface area (Å²) in [6.45, 7) is 0.358. The third kappa shape index (κ3) is 4.39. The number of urea groups is 1. The normalized spacial score (nSPS) is 10.2. The molecule has 7 nitrogen and oxygen atoms in total. The van der Waals surface area contributed by atoms with Crippen molar-refractivity contribution in [2.75, 3.05) is 5.32 Å². The molecule has 0 unspecified atom stereocenters. The van der Waals surface area contributed by atoms with E-state index >= 15 is 0 Å². The van der Waals surface area contributed by atoms with Gasteiger partial charge in [-0.25, -0.2) is 19.6 Å². The van der Waals surface area contributed by atoms with Crippen molar-refractivity contribution in [2.45, 2.75) is 6.54 Å². The molecular formula is C17H14N4O3S. The quantitative estimate of drug-likeness (QED) is 0.652. The molecule has 0 radical (unpaired) electrons. The van der Waals surface area contributed by atoms with Crippen molar-refractivity contribution >= 4 is 29.2 Å². The highest BCUT2D eigenvalue weighted by Gasteiger charge is 2.10. The fraction of sp³-hybridized carbons (Fsp3) is 0.0588. The Hall–Kier alpha value is -3.26. The first kappa shape index (κ1) is 16.6. The highest BCUT2D eigenvalue weighted by molar-refractivity contribution is 7.13. The zero-order valence-electron chi connectivity index (χ0n) is 13.0. The molecule has 3 aromatic rings. The lowest BCUT2D eigenvalue weighted by Crippen LogP contribution is -2.28. The van der Waals surface area contributed by atoms with Gasteiger partial charge in [0.25, 0.3) is 0 Å². The molecule has 0 saturated carbocycles. The molecule has 0 bridgehead atoms. The largest absolute Gasteiger partial charge is 0.476 e. The van der Waals surface area contributed by atoms with Crippen LogP contribution in [-0.2, 0) is 6.54 Å². The van der Waals surface area contributed by atoms with Gasteiger partial charge in [0.05, 0.1) is 0 Å². The molecule has 0 spiro atoms. The molecule has 3 rings (SSSR count). The van der Waals surface area contributed by atoms with Crippen LogP contribution in [0.1, 0.15) is 16.1 Å². The van der Waals surface area contributed by atoms with Gasteiger partial charge in [-0.2, -0.15) is 0 Å². The number of carbonyl (C=O) groups excluding carboxylic acids is 1. The van der Waals surface area contributed by atoms with E-state index in [0.29, 0.717) is 17.4 Å². The summed E-state index contributed by atoms with van der Waals surface area (Å²) < 4.78 is 0. The average molecular weight is 354 g/mol. The number of hydrogen-bond acceptors (Lipinski definition) is 5. The van der Waals surface area contributed by atoms with Gasteiger partial charge in [0.2, 0.25) is 0 Å². The monoisotopic (exact) mass is 354 g/mol. The van der Waals surface area contributed by atoms with Crippen LogP contribution in [0.2, 0.25) is 0 Å². The van der Waals surface area contributed by atoms with E-state index in [9.17, 15) is 9.59 Å². The molecule has 8 heteroatoms.